The van der Waals surface area contributed by atoms with Gasteiger partial charge < -0.3 is 10.1 Å². The third-order valence-corrected chi connectivity index (χ3v) is 6.16. The number of amides is 1. The molecule has 0 bridgehead atoms. The molecule has 0 aliphatic carbocycles. The Bertz CT molecular complexity index is 1230. The van der Waals surface area contributed by atoms with Crippen LogP contribution in [0.5, 0.6) is 5.75 Å². The van der Waals surface area contributed by atoms with Crippen LogP contribution in [0.25, 0.3) is 11.3 Å². The van der Waals surface area contributed by atoms with Gasteiger partial charge in [-0.05, 0) is 24.3 Å². The minimum absolute atomic E-state index is 0.147. The number of rotatable bonds is 10. The number of hydrogen-bond donors (Lipinski definition) is 1. The number of nitrogens with one attached hydrogen (secondary N) is 1. The van der Waals surface area contributed by atoms with Crippen molar-refractivity contribution in [3.63, 3.8) is 0 Å². The third kappa shape index (κ3) is 6.05. The number of ether oxygens (including phenoxy) is 1. The summed E-state index contributed by atoms with van der Waals surface area (Å²) in [6, 6.07) is 15.5. The van der Waals surface area contributed by atoms with Gasteiger partial charge in [0.15, 0.2) is 16.1 Å². The lowest BCUT2D eigenvalue weighted by Gasteiger charge is -2.09. The van der Waals surface area contributed by atoms with Gasteiger partial charge in [-0.15, -0.1) is 28.1 Å². The van der Waals surface area contributed by atoms with E-state index in [0.29, 0.717) is 28.4 Å². The Balaban J connectivity index is 1.34. The van der Waals surface area contributed by atoms with E-state index < -0.39 is 0 Å². The zero-order chi connectivity index (χ0) is 23.0. The molecule has 1 amide bonds. The van der Waals surface area contributed by atoms with Crippen LogP contribution in [0, 0.1) is 5.82 Å². The van der Waals surface area contributed by atoms with Crippen molar-refractivity contribution >= 4 is 34.1 Å². The van der Waals surface area contributed by atoms with E-state index in [2.05, 4.69) is 27.1 Å². The number of thiazole rings is 1. The summed E-state index contributed by atoms with van der Waals surface area (Å²) >= 11 is 2.64. The molecule has 1 N–H and O–H groups in total. The van der Waals surface area contributed by atoms with Gasteiger partial charge in [-0.2, -0.15) is 0 Å². The number of halogens is 1. The van der Waals surface area contributed by atoms with Gasteiger partial charge in [-0.25, -0.2) is 9.37 Å². The first-order valence-electron chi connectivity index (χ1n) is 9.97. The number of carbonyl (C=O) groups is 1. The Morgan fingerprint density at radius 2 is 1.97 bits per heavy atom. The van der Waals surface area contributed by atoms with Crippen LogP contribution in [0.4, 0.5) is 9.52 Å². The van der Waals surface area contributed by atoms with E-state index in [9.17, 15) is 9.18 Å². The summed E-state index contributed by atoms with van der Waals surface area (Å²) < 4.78 is 20.5. The maximum absolute atomic E-state index is 13.1. The highest BCUT2D eigenvalue weighted by Gasteiger charge is 2.15. The Morgan fingerprint density at radius 1 is 1.18 bits per heavy atom. The summed E-state index contributed by atoms with van der Waals surface area (Å²) in [4.78, 5) is 16.9. The van der Waals surface area contributed by atoms with Gasteiger partial charge in [0.25, 0.3) is 0 Å². The van der Waals surface area contributed by atoms with Crippen LogP contribution in [-0.2, 0) is 17.9 Å². The molecule has 2 aromatic carbocycles. The molecule has 0 saturated heterocycles. The second-order valence-electron chi connectivity index (χ2n) is 6.78. The molecule has 0 saturated carbocycles. The highest BCUT2D eigenvalue weighted by molar-refractivity contribution is 7.99. The minimum atomic E-state index is -0.330. The van der Waals surface area contributed by atoms with Gasteiger partial charge in [0.05, 0.1) is 11.4 Å². The van der Waals surface area contributed by atoms with Gasteiger partial charge in [-0.3, -0.25) is 9.36 Å². The van der Waals surface area contributed by atoms with Gasteiger partial charge in [0.2, 0.25) is 5.91 Å². The van der Waals surface area contributed by atoms with Crippen LogP contribution < -0.4 is 10.1 Å². The van der Waals surface area contributed by atoms with Crippen molar-refractivity contribution in [1.29, 1.82) is 0 Å². The average molecular weight is 482 g/mol. The van der Waals surface area contributed by atoms with E-state index in [1.165, 1.54) is 35.2 Å². The fraction of sp³-hybridized carbons (Fsp3) is 0.130. The largest absolute Gasteiger partial charge is 0.486 e. The van der Waals surface area contributed by atoms with Crippen molar-refractivity contribution in [1.82, 2.24) is 19.7 Å². The summed E-state index contributed by atoms with van der Waals surface area (Å²) in [6.45, 7) is 4.39. The molecular weight excluding hydrogens is 461 g/mol. The number of hydrogen-bond acceptors (Lipinski definition) is 7. The molecule has 10 heteroatoms. The molecule has 4 rings (SSSR count). The number of benzene rings is 2. The van der Waals surface area contributed by atoms with Crippen LogP contribution in [0.1, 0.15) is 5.82 Å². The highest BCUT2D eigenvalue weighted by Crippen LogP contribution is 2.25. The van der Waals surface area contributed by atoms with Crippen molar-refractivity contribution in [2.24, 2.45) is 0 Å². The Labute approximate surface area is 198 Å². The lowest BCUT2D eigenvalue weighted by molar-refractivity contribution is -0.113. The van der Waals surface area contributed by atoms with Crippen LogP contribution in [-0.4, -0.2) is 31.4 Å². The molecule has 0 aliphatic heterocycles. The maximum atomic E-state index is 13.1. The highest BCUT2D eigenvalue weighted by atomic mass is 32.2. The van der Waals surface area contributed by atoms with Gasteiger partial charge in [0, 0.05) is 17.5 Å². The lowest BCUT2D eigenvalue weighted by atomic mass is 10.2. The standard InChI is InChI=1S/C23H20FN5O2S2/c1-2-12-29-20(13-31-18-10-8-17(24)9-11-18)27-28-23(29)33-15-21(30)26-22-25-19(14-32-22)16-6-4-3-5-7-16/h2-11,14H,1,12-13,15H2,(H,25,26,30). The summed E-state index contributed by atoms with van der Waals surface area (Å²) in [6.07, 6.45) is 1.72. The van der Waals surface area contributed by atoms with E-state index in [4.69, 9.17) is 4.74 Å². The molecule has 0 aliphatic rings. The number of aromatic nitrogens is 4. The Morgan fingerprint density at radius 3 is 2.73 bits per heavy atom. The molecule has 0 unspecified atom stereocenters. The van der Waals surface area contributed by atoms with E-state index in [1.54, 1.807) is 18.2 Å². The van der Waals surface area contributed by atoms with Gasteiger partial charge in [0.1, 0.15) is 18.2 Å². The molecule has 4 aromatic rings. The number of nitrogens with zero attached hydrogens (tertiary/aromatic N) is 4. The SMILES string of the molecule is C=CCn1c(COc2ccc(F)cc2)nnc1SCC(=O)Nc1nc(-c2ccccc2)cs1. The second-order valence-corrected chi connectivity index (χ2v) is 8.58. The molecular formula is C23H20FN5O2S2. The van der Waals surface area contributed by atoms with Crippen LogP contribution in [0.2, 0.25) is 0 Å². The van der Waals surface area contributed by atoms with Crippen LogP contribution >= 0.6 is 23.1 Å². The molecule has 33 heavy (non-hydrogen) atoms. The van der Waals surface area contributed by atoms with E-state index in [1.807, 2.05) is 40.3 Å². The third-order valence-electron chi connectivity index (χ3n) is 4.44. The zero-order valence-electron chi connectivity index (χ0n) is 17.5. The van der Waals surface area contributed by atoms with Crippen LogP contribution in [0.3, 0.4) is 0 Å². The molecule has 0 spiro atoms. The van der Waals surface area contributed by atoms with Crippen molar-refractivity contribution in [3.8, 4) is 17.0 Å². The molecule has 0 atom stereocenters. The monoisotopic (exact) mass is 481 g/mol. The summed E-state index contributed by atoms with van der Waals surface area (Å²) in [5, 5.41) is 14.2. The molecule has 2 heterocycles. The lowest BCUT2D eigenvalue weighted by Crippen LogP contribution is -2.15. The number of anilines is 1. The van der Waals surface area contributed by atoms with Crippen molar-refractivity contribution in [2.45, 2.75) is 18.3 Å². The van der Waals surface area contributed by atoms with Gasteiger partial charge >= 0.3 is 0 Å². The minimum Gasteiger partial charge on any atom is -0.486 e. The average Bonchev–Trinajstić information content (AvgIpc) is 3.45. The summed E-state index contributed by atoms with van der Waals surface area (Å²) in [5.41, 5.74) is 1.82. The number of allylic oxidation sites excluding steroid dienone is 1. The summed E-state index contributed by atoms with van der Waals surface area (Å²) in [7, 11) is 0. The van der Waals surface area contributed by atoms with Crippen molar-refractivity contribution in [2.75, 3.05) is 11.1 Å². The van der Waals surface area contributed by atoms with E-state index in [0.717, 1.165) is 11.3 Å². The Kier molecular flexibility index (Phi) is 7.48. The predicted octanol–water partition coefficient (Wildman–Crippen LogP) is 5.04. The van der Waals surface area contributed by atoms with Crippen molar-refractivity contribution < 1.29 is 13.9 Å². The second kappa shape index (κ2) is 10.9. The fourth-order valence-electron chi connectivity index (χ4n) is 2.88. The molecule has 2 aromatic heterocycles. The van der Waals surface area contributed by atoms with E-state index in [-0.39, 0.29) is 24.1 Å². The molecule has 0 fully saturated rings. The molecule has 0 radical (unpaired) electrons. The van der Waals surface area contributed by atoms with Crippen LogP contribution in [0.15, 0.2) is 77.8 Å². The fourth-order valence-corrected chi connectivity index (χ4v) is 4.38. The van der Waals surface area contributed by atoms with Gasteiger partial charge in [-0.1, -0.05) is 48.2 Å². The normalized spacial score (nSPS) is 10.7. The topological polar surface area (TPSA) is 81.9 Å². The molecule has 168 valence electrons. The summed E-state index contributed by atoms with van der Waals surface area (Å²) in [5.74, 6) is 0.731. The first kappa shape index (κ1) is 22.7. The zero-order valence-corrected chi connectivity index (χ0v) is 19.1. The first-order valence-corrected chi connectivity index (χ1v) is 11.8. The molecule has 7 nitrogen and oxygen atoms in total. The first-order chi connectivity index (χ1) is 16.1. The smallest absolute Gasteiger partial charge is 0.236 e. The maximum Gasteiger partial charge on any atom is 0.236 e. The van der Waals surface area contributed by atoms with Crippen molar-refractivity contribution in [3.05, 3.63) is 84.3 Å². The number of carbonyl (C=O) groups excluding carboxylic acids is 1. The Hall–Kier alpha value is -3.50. The predicted molar refractivity (Wildman–Crippen MR) is 128 cm³/mol. The number of thioether (sulfide) groups is 1. The quantitative estimate of drug-likeness (QED) is 0.253. The van der Waals surface area contributed by atoms with E-state index >= 15 is 0 Å².